The summed E-state index contributed by atoms with van der Waals surface area (Å²) in [6, 6.07) is 0. The summed E-state index contributed by atoms with van der Waals surface area (Å²) >= 11 is 0. The lowest BCUT2D eigenvalue weighted by molar-refractivity contribution is 0.0483. The third kappa shape index (κ3) is 3.21. The van der Waals surface area contributed by atoms with E-state index >= 15 is 0 Å². The molecule has 0 aromatic heterocycles. The van der Waals surface area contributed by atoms with Crippen molar-refractivity contribution < 1.29 is 31.5 Å². The predicted octanol–water partition coefficient (Wildman–Crippen LogP) is 3.73. The highest BCUT2D eigenvalue weighted by Crippen LogP contribution is 2.23. The number of carbonyl (C=O) groups excluding carboxylic acids is 1. The van der Waals surface area contributed by atoms with Gasteiger partial charge in [0.2, 0.25) is 5.82 Å². The number of benzene rings is 1. The average Bonchev–Trinajstić information content (AvgIpc) is 2.39. The molecular formula is C12H11F5O2. The van der Waals surface area contributed by atoms with Gasteiger partial charge in [0.15, 0.2) is 23.3 Å². The Kier molecular flexibility index (Phi) is 5.26. The second-order valence-electron chi connectivity index (χ2n) is 3.79. The van der Waals surface area contributed by atoms with Crippen molar-refractivity contribution in [2.45, 2.75) is 26.2 Å². The van der Waals surface area contributed by atoms with E-state index in [-0.39, 0.29) is 6.61 Å². The summed E-state index contributed by atoms with van der Waals surface area (Å²) in [5.74, 6) is -12.6. The summed E-state index contributed by atoms with van der Waals surface area (Å²) in [6.45, 7) is 1.73. The minimum Gasteiger partial charge on any atom is -0.462 e. The van der Waals surface area contributed by atoms with Crippen molar-refractivity contribution in [2.75, 3.05) is 6.61 Å². The number of unbranched alkanes of at least 4 members (excludes halogenated alkanes) is 2. The monoisotopic (exact) mass is 282 g/mol. The number of carbonyl (C=O) groups is 1. The SMILES string of the molecule is CCCCCOC(=O)c1c(F)c(F)c(F)c(F)c1F. The molecule has 0 fully saturated rings. The third-order valence-electron chi connectivity index (χ3n) is 2.39. The zero-order valence-electron chi connectivity index (χ0n) is 10.0. The highest BCUT2D eigenvalue weighted by molar-refractivity contribution is 5.90. The molecular weight excluding hydrogens is 271 g/mol. The van der Waals surface area contributed by atoms with E-state index in [1.807, 2.05) is 6.92 Å². The molecule has 0 aliphatic rings. The van der Waals surface area contributed by atoms with Crippen LogP contribution in [-0.4, -0.2) is 12.6 Å². The second kappa shape index (κ2) is 6.49. The summed E-state index contributed by atoms with van der Waals surface area (Å²) in [5, 5.41) is 0. The van der Waals surface area contributed by atoms with Crippen LogP contribution in [0.1, 0.15) is 36.5 Å². The van der Waals surface area contributed by atoms with Crippen LogP contribution in [0.15, 0.2) is 0 Å². The normalized spacial score (nSPS) is 10.6. The fourth-order valence-corrected chi connectivity index (χ4v) is 1.37. The topological polar surface area (TPSA) is 26.3 Å². The molecule has 0 atom stereocenters. The van der Waals surface area contributed by atoms with Crippen LogP contribution in [0.5, 0.6) is 0 Å². The number of hydrogen-bond acceptors (Lipinski definition) is 2. The van der Waals surface area contributed by atoms with Crippen molar-refractivity contribution in [3.8, 4) is 0 Å². The fourth-order valence-electron chi connectivity index (χ4n) is 1.37. The van der Waals surface area contributed by atoms with E-state index in [4.69, 9.17) is 0 Å². The number of halogens is 5. The van der Waals surface area contributed by atoms with Crippen molar-refractivity contribution in [1.29, 1.82) is 0 Å². The van der Waals surface area contributed by atoms with Crippen molar-refractivity contribution in [2.24, 2.45) is 0 Å². The summed E-state index contributed by atoms with van der Waals surface area (Å²) in [6.07, 6.45) is 1.97. The first kappa shape index (κ1) is 15.4. The second-order valence-corrected chi connectivity index (χ2v) is 3.79. The van der Waals surface area contributed by atoms with E-state index in [1.165, 1.54) is 0 Å². The Morgan fingerprint density at radius 3 is 1.84 bits per heavy atom. The van der Waals surface area contributed by atoms with Gasteiger partial charge in [0.1, 0.15) is 5.56 Å². The van der Waals surface area contributed by atoms with E-state index in [0.29, 0.717) is 12.8 Å². The first-order valence-electron chi connectivity index (χ1n) is 5.60. The lowest BCUT2D eigenvalue weighted by atomic mass is 10.1. The smallest absolute Gasteiger partial charge is 0.344 e. The number of esters is 1. The molecule has 1 rings (SSSR count). The van der Waals surface area contributed by atoms with Gasteiger partial charge in [0, 0.05) is 0 Å². The van der Waals surface area contributed by atoms with Crippen molar-refractivity contribution in [1.82, 2.24) is 0 Å². The molecule has 0 N–H and O–H groups in total. The third-order valence-corrected chi connectivity index (χ3v) is 2.39. The van der Waals surface area contributed by atoms with Crippen LogP contribution in [0.25, 0.3) is 0 Å². The molecule has 0 saturated heterocycles. The van der Waals surface area contributed by atoms with Crippen LogP contribution in [0.2, 0.25) is 0 Å². The van der Waals surface area contributed by atoms with Crippen molar-refractivity contribution >= 4 is 5.97 Å². The highest BCUT2D eigenvalue weighted by atomic mass is 19.2. The highest BCUT2D eigenvalue weighted by Gasteiger charge is 2.30. The van der Waals surface area contributed by atoms with Crippen molar-refractivity contribution in [3.05, 3.63) is 34.6 Å². The van der Waals surface area contributed by atoms with Crippen LogP contribution in [0.3, 0.4) is 0 Å². The molecule has 0 saturated carbocycles. The summed E-state index contributed by atoms with van der Waals surface area (Å²) < 4.78 is 69.3. The van der Waals surface area contributed by atoms with Gasteiger partial charge in [-0.1, -0.05) is 19.8 Å². The molecule has 19 heavy (non-hydrogen) atoms. The quantitative estimate of drug-likeness (QED) is 0.270. The molecule has 0 spiro atoms. The fraction of sp³-hybridized carbons (Fsp3) is 0.417. The van der Waals surface area contributed by atoms with Crippen LogP contribution in [0.4, 0.5) is 22.0 Å². The zero-order valence-corrected chi connectivity index (χ0v) is 10.0. The molecule has 0 radical (unpaired) electrons. The van der Waals surface area contributed by atoms with Gasteiger partial charge in [-0.3, -0.25) is 0 Å². The minimum absolute atomic E-state index is 0.147. The largest absolute Gasteiger partial charge is 0.462 e. The van der Waals surface area contributed by atoms with E-state index in [2.05, 4.69) is 4.74 Å². The molecule has 0 amide bonds. The lowest BCUT2D eigenvalue weighted by Gasteiger charge is -2.08. The standard InChI is InChI=1S/C12H11F5O2/c1-2-3-4-5-19-12(18)6-7(13)9(15)11(17)10(16)8(6)14/h2-5H2,1H3. The van der Waals surface area contributed by atoms with Gasteiger partial charge >= 0.3 is 5.97 Å². The molecule has 1 aromatic rings. The van der Waals surface area contributed by atoms with Crippen molar-refractivity contribution in [3.63, 3.8) is 0 Å². The van der Waals surface area contributed by atoms with Gasteiger partial charge in [-0.15, -0.1) is 0 Å². The maximum Gasteiger partial charge on any atom is 0.344 e. The summed E-state index contributed by atoms with van der Waals surface area (Å²) in [5.41, 5.74) is -1.56. The first-order valence-corrected chi connectivity index (χ1v) is 5.60. The van der Waals surface area contributed by atoms with E-state index < -0.39 is 40.6 Å². The number of hydrogen-bond donors (Lipinski definition) is 0. The maximum absolute atomic E-state index is 13.2. The Hall–Kier alpha value is -1.66. The van der Waals surface area contributed by atoms with Crippen LogP contribution >= 0.6 is 0 Å². The first-order chi connectivity index (χ1) is 8.91. The van der Waals surface area contributed by atoms with Crippen LogP contribution in [0, 0.1) is 29.1 Å². The summed E-state index contributed by atoms with van der Waals surface area (Å²) in [7, 11) is 0. The lowest BCUT2D eigenvalue weighted by Crippen LogP contribution is -2.15. The molecule has 0 bridgehead atoms. The molecule has 0 aliphatic carbocycles. The Morgan fingerprint density at radius 1 is 0.895 bits per heavy atom. The molecule has 7 heteroatoms. The zero-order chi connectivity index (χ0) is 14.6. The molecule has 106 valence electrons. The van der Waals surface area contributed by atoms with Gasteiger partial charge < -0.3 is 4.74 Å². The van der Waals surface area contributed by atoms with Gasteiger partial charge in [0.05, 0.1) is 6.61 Å². The molecule has 0 aliphatic heterocycles. The average molecular weight is 282 g/mol. The molecule has 0 heterocycles. The van der Waals surface area contributed by atoms with Crippen LogP contribution in [-0.2, 0) is 4.74 Å². The molecule has 2 nitrogen and oxygen atoms in total. The van der Waals surface area contributed by atoms with Gasteiger partial charge in [-0.2, -0.15) is 0 Å². The molecule has 1 aromatic carbocycles. The van der Waals surface area contributed by atoms with Gasteiger partial charge in [-0.05, 0) is 6.42 Å². The predicted molar refractivity (Wildman–Crippen MR) is 56.0 cm³/mol. The van der Waals surface area contributed by atoms with E-state index in [0.717, 1.165) is 6.42 Å². The van der Waals surface area contributed by atoms with E-state index in [1.54, 1.807) is 0 Å². The number of rotatable bonds is 5. The maximum atomic E-state index is 13.2. The Bertz CT molecular complexity index is 458. The van der Waals surface area contributed by atoms with Crippen LogP contribution < -0.4 is 0 Å². The van der Waals surface area contributed by atoms with Gasteiger partial charge in [-0.25, -0.2) is 26.7 Å². The minimum atomic E-state index is -2.31. The molecule has 0 unspecified atom stereocenters. The number of ether oxygens (including phenoxy) is 1. The van der Waals surface area contributed by atoms with Gasteiger partial charge in [0.25, 0.3) is 0 Å². The Morgan fingerprint density at radius 2 is 1.37 bits per heavy atom. The summed E-state index contributed by atoms with van der Waals surface area (Å²) in [4.78, 5) is 11.3. The van der Waals surface area contributed by atoms with E-state index in [9.17, 15) is 26.7 Å². The Balaban J connectivity index is 2.97. The Labute approximate surface area is 106 Å².